The van der Waals surface area contributed by atoms with Gasteiger partial charge >= 0.3 is 6.18 Å². The van der Waals surface area contributed by atoms with Gasteiger partial charge in [-0.1, -0.05) is 30.3 Å². The van der Waals surface area contributed by atoms with Crippen molar-refractivity contribution in [2.24, 2.45) is 4.99 Å². The van der Waals surface area contributed by atoms with Crippen molar-refractivity contribution >= 4 is 12.1 Å². The van der Waals surface area contributed by atoms with Gasteiger partial charge in [-0.2, -0.15) is 13.2 Å². The summed E-state index contributed by atoms with van der Waals surface area (Å²) in [4.78, 5) is 5.95. The molecule has 0 aliphatic carbocycles. The number of benzene rings is 2. The number of para-hydroxylation sites is 1. The summed E-state index contributed by atoms with van der Waals surface area (Å²) in [5, 5.41) is 0. The molecule has 0 saturated carbocycles. The fraction of sp³-hybridized carbons (Fsp3) is 0.381. The number of fused-ring (bicyclic) bond motifs is 2. The molecule has 0 amide bonds. The van der Waals surface area contributed by atoms with E-state index in [0.717, 1.165) is 28.9 Å². The van der Waals surface area contributed by atoms with Crippen LogP contribution < -0.4 is 0 Å². The number of nitrogens with zero attached hydrogens (tertiary/aromatic N) is 2. The lowest BCUT2D eigenvalue weighted by Gasteiger charge is -2.44. The lowest BCUT2D eigenvalue weighted by Crippen LogP contribution is -2.49. The predicted molar refractivity (Wildman–Crippen MR) is 98.2 cm³/mol. The standard InChI is InChI=1S/C21H20F4N2O/c22-19-13-20(17-3-1-2-4-18(17)26-14-28-20)10-12-27(19)11-9-15-5-7-16(8-6-15)21(23,24)25/h1-8,14,19H,9-13H2. The molecule has 7 heteroatoms. The first-order valence-electron chi connectivity index (χ1n) is 9.22. The highest BCUT2D eigenvalue weighted by atomic mass is 19.4. The van der Waals surface area contributed by atoms with Crippen LogP contribution in [0.2, 0.25) is 0 Å². The monoisotopic (exact) mass is 392 g/mol. The number of aliphatic imine (C=N–C) groups is 1. The van der Waals surface area contributed by atoms with Crippen molar-refractivity contribution in [1.82, 2.24) is 4.90 Å². The van der Waals surface area contributed by atoms with Crippen LogP contribution in [0.4, 0.5) is 23.2 Å². The number of alkyl halides is 4. The Morgan fingerprint density at radius 3 is 2.57 bits per heavy atom. The summed E-state index contributed by atoms with van der Waals surface area (Å²) in [5.41, 5.74) is 1.09. The first-order chi connectivity index (χ1) is 13.4. The Hall–Kier alpha value is -2.41. The van der Waals surface area contributed by atoms with E-state index in [2.05, 4.69) is 4.99 Å². The van der Waals surface area contributed by atoms with Gasteiger partial charge in [-0.3, -0.25) is 4.90 Å². The van der Waals surface area contributed by atoms with Crippen molar-refractivity contribution < 1.29 is 22.3 Å². The van der Waals surface area contributed by atoms with Crippen molar-refractivity contribution in [2.75, 3.05) is 13.1 Å². The Kier molecular flexibility index (Phi) is 4.87. The van der Waals surface area contributed by atoms with Gasteiger partial charge in [0.1, 0.15) is 5.60 Å². The topological polar surface area (TPSA) is 24.8 Å². The highest BCUT2D eigenvalue weighted by Crippen LogP contribution is 2.45. The fourth-order valence-electron chi connectivity index (χ4n) is 3.92. The fourth-order valence-corrected chi connectivity index (χ4v) is 3.92. The van der Waals surface area contributed by atoms with Crippen LogP contribution >= 0.6 is 0 Å². The zero-order valence-corrected chi connectivity index (χ0v) is 15.1. The Bertz CT molecular complexity index is 865. The van der Waals surface area contributed by atoms with Crippen LogP contribution in [0.1, 0.15) is 29.5 Å². The second-order valence-corrected chi connectivity index (χ2v) is 7.23. The quantitative estimate of drug-likeness (QED) is 0.528. The van der Waals surface area contributed by atoms with Crippen molar-refractivity contribution in [3.63, 3.8) is 0 Å². The van der Waals surface area contributed by atoms with Gasteiger partial charge in [0.2, 0.25) is 0 Å². The Morgan fingerprint density at radius 2 is 1.86 bits per heavy atom. The highest BCUT2D eigenvalue weighted by Gasteiger charge is 2.45. The van der Waals surface area contributed by atoms with E-state index in [1.165, 1.54) is 18.5 Å². The summed E-state index contributed by atoms with van der Waals surface area (Å²) in [6.07, 6.45) is -2.82. The van der Waals surface area contributed by atoms with Crippen LogP contribution in [-0.4, -0.2) is 30.7 Å². The first-order valence-corrected chi connectivity index (χ1v) is 9.22. The SMILES string of the molecule is FC1CC2(CCN1CCc1ccc(C(F)(F)F)cc1)OC=Nc1ccccc12. The number of rotatable bonds is 3. The molecule has 0 N–H and O–H groups in total. The second-order valence-electron chi connectivity index (χ2n) is 7.23. The van der Waals surface area contributed by atoms with E-state index in [4.69, 9.17) is 4.74 Å². The van der Waals surface area contributed by atoms with Gasteiger partial charge in [-0.25, -0.2) is 9.38 Å². The van der Waals surface area contributed by atoms with E-state index in [1.54, 1.807) is 4.90 Å². The molecule has 1 saturated heterocycles. The lowest BCUT2D eigenvalue weighted by atomic mass is 9.82. The van der Waals surface area contributed by atoms with E-state index in [1.807, 2.05) is 24.3 Å². The molecule has 0 bridgehead atoms. The number of ether oxygens (including phenoxy) is 1. The van der Waals surface area contributed by atoms with Gasteiger partial charge in [0.15, 0.2) is 12.7 Å². The minimum Gasteiger partial charge on any atom is -0.472 e. The molecule has 2 aliphatic heterocycles. The summed E-state index contributed by atoms with van der Waals surface area (Å²) in [7, 11) is 0. The number of hydrogen-bond acceptors (Lipinski definition) is 3. The third kappa shape index (κ3) is 3.63. The smallest absolute Gasteiger partial charge is 0.416 e. The lowest BCUT2D eigenvalue weighted by molar-refractivity contribution is -0.137. The van der Waals surface area contributed by atoms with Crippen molar-refractivity contribution in [3.8, 4) is 0 Å². The molecule has 3 nitrogen and oxygen atoms in total. The molecule has 148 valence electrons. The summed E-state index contributed by atoms with van der Waals surface area (Å²) in [6.45, 7) is 0.947. The van der Waals surface area contributed by atoms with Crippen molar-refractivity contribution in [1.29, 1.82) is 0 Å². The van der Waals surface area contributed by atoms with Gasteiger partial charge < -0.3 is 4.74 Å². The maximum atomic E-state index is 14.9. The van der Waals surface area contributed by atoms with Crippen LogP contribution in [0.25, 0.3) is 0 Å². The largest absolute Gasteiger partial charge is 0.472 e. The first kappa shape index (κ1) is 18.9. The number of hydrogen-bond donors (Lipinski definition) is 0. The number of piperidine rings is 1. The molecule has 0 radical (unpaired) electrons. The predicted octanol–water partition coefficient (Wildman–Crippen LogP) is 5.22. The summed E-state index contributed by atoms with van der Waals surface area (Å²) in [6, 6.07) is 12.7. The summed E-state index contributed by atoms with van der Waals surface area (Å²) in [5.74, 6) is 0. The minimum absolute atomic E-state index is 0.197. The maximum absolute atomic E-state index is 14.9. The molecular formula is C21H20F4N2O. The third-order valence-corrected chi connectivity index (χ3v) is 5.53. The molecule has 2 aromatic carbocycles. The van der Waals surface area contributed by atoms with Crippen LogP contribution in [0.3, 0.4) is 0 Å². The third-order valence-electron chi connectivity index (χ3n) is 5.53. The van der Waals surface area contributed by atoms with Gasteiger partial charge in [0.05, 0.1) is 11.3 Å². The second kappa shape index (κ2) is 7.20. The molecule has 2 aliphatic rings. The summed E-state index contributed by atoms with van der Waals surface area (Å²) >= 11 is 0. The maximum Gasteiger partial charge on any atom is 0.416 e. The molecule has 2 unspecified atom stereocenters. The molecule has 1 fully saturated rings. The van der Waals surface area contributed by atoms with Gasteiger partial charge in [-0.05, 0) is 30.2 Å². The zero-order valence-electron chi connectivity index (χ0n) is 15.1. The molecule has 28 heavy (non-hydrogen) atoms. The molecule has 1 spiro atoms. The normalized spacial score (nSPS) is 24.8. The van der Waals surface area contributed by atoms with E-state index < -0.39 is 23.6 Å². The van der Waals surface area contributed by atoms with Crippen LogP contribution in [-0.2, 0) is 22.9 Å². The Labute approximate surface area is 160 Å². The average Bonchev–Trinajstić information content (AvgIpc) is 2.67. The molecule has 4 rings (SSSR count). The van der Waals surface area contributed by atoms with Crippen molar-refractivity contribution in [3.05, 3.63) is 65.2 Å². The van der Waals surface area contributed by atoms with Crippen LogP contribution in [0, 0.1) is 0 Å². The van der Waals surface area contributed by atoms with Gasteiger partial charge in [-0.15, -0.1) is 0 Å². The van der Waals surface area contributed by atoms with E-state index in [9.17, 15) is 17.6 Å². The highest BCUT2D eigenvalue weighted by molar-refractivity contribution is 5.64. The van der Waals surface area contributed by atoms with Gasteiger partial charge in [0, 0.05) is 31.5 Å². The van der Waals surface area contributed by atoms with Crippen LogP contribution in [0.5, 0.6) is 0 Å². The minimum atomic E-state index is -4.34. The van der Waals surface area contributed by atoms with E-state index in [0.29, 0.717) is 25.9 Å². The average molecular weight is 392 g/mol. The zero-order chi connectivity index (χ0) is 19.8. The van der Waals surface area contributed by atoms with E-state index >= 15 is 0 Å². The van der Waals surface area contributed by atoms with Crippen LogP contribution in [0.15, 0.2) is 53.5 Å². The molecular weight excluding hydrogens is 372 g/mol. The molecule has 2 atom stereocenters. The molecule has 0 aromatic heterocycles. The number of likely N-dealkylation sites (tertiary alicyclic amines) is 1. The summed E-state index contributed by atoms with van der Waals surface area (Å²) < 4.78 is 58.7. The Balaban J connectivity index is 1.40. The van der Waals surface area contributed by atoms with Gasteiger partial charge in [0.25, 0.3) is 0 Å². The molecule has 2 aromatic rings. The number of halogens is 4. The van der Waals surface area contributed by atoms with Crippen molar-refractivity contribution in [2.45, 2.75) is 37.3 Å². The van der Waals surface area contributed by atoms with E-state index in [-0.39, 0.29) is 6.42 Å². The Morgan fingerprint density at radius 1 is 1.11 bits per heavy atom. The molecule has 2 heterocycles.